The van der Waals surface area contributed by atoms with Gasteiger partial charge in [0.05, 0.1) is 15.6 Å². The van der Waals surface area contributed by atoms with Crippen LogP contribution in [0.2, 0.25) is 5.02 Å². The van der Waals surface area contributed by atoms with Gasteiger partial charge in [-0.25, -0.2) is 0 Å². The average molecular weight is 392 g/mol. The molecule has 26 heavy (non-hydrogen) atoms. The standard InChI is InChI=1S/C18H18ClN3O3S/c1-3-10-25-15-7-4-13(5-8-15)12-21(2)18(26)20-17-11-14(22(23)24)6-9-16(17)19/h3-9,11H,1,10,12H2,2H3,(H,20,26). The van der Waals surface area contributed by atoms with Gasteiger partial charge in [-0.1, -0.05) is 36.4 Å². The lowest BCUT2D eigenvalue weighted by atomic mass is 10.2. The van der Waals surface area contributed by atoms with Crippen molar-refractivity contribution in [1.29, 1.82) is 0 Å². The molecular formula is C18H18ClN3O3S. The van der Waals surface area contributed by atoms with Gasteiger partial charge >= 0.3 is 0 Å². The average Bonchev–Trinajstić information content (AvgIpc) is 2.62. The summed E-state index contributed by atoms with van der Waals surface area (Å²) >= 11 is 11.4. The van der Waals surface area contributed by atoms with E-state index in [0.717, 1.165) is 11.3 Å². The Morgan fingerprint density at radius 2 is 2.08 bits per heavy atom. The van der Waals surface area contributed by atoms with Crippen LogP contribution >= 0.6 is 23.8 Å². The van der Waals surface area contributed by atoms with Crippen molar-refractivity contribution in [2.45, 2.75) is 6.54 Å². The minimum absolute atomic E-state index is 0.0579. The van der Waals surface area contributed by atoms with E-state index in [-0.39, 0.29) is 5.69 Å². The van der Waals surface area contributed by atoms with Crippen molar-refractivity contribution in [3.05, 3.63) is 75.8 Å². The molecule has 0 heterocycles. The summed E-state index contributed by atoms with van der Waals surface area (Å²) in [6.07, 6.45) is 1.69. The molecule has 0 unspecified atom stereocenters. The lowest BCUT2D eigenvalue weighted by molar-refractivity contribution is -0.384. The summed E-state index contributed by atoms with van der Waals surface area (Å²) in [6.45, 7) is 4.62. The minimum atomic E-state index is -0.482. The molecule has 0 aromatic heterocycles. The maximum Gasteiger partial charge on any atom is 0.271 e. The Balaban J connectivity index is 2.00. The first-order valence-corrected chi connectivity index (χ1v) is 8.48. The Morgan fingerprint density at radius 1 is 1.38 bits per heavy atom. The summed E-state index contributed by atoms with van der Waals surface area (Å²) in [5.41, 5.74) is 1.37. The number of hydrogen-bond donors (Lipinski definition) is 1. The number of halogens is 1. The van der Waals surface area contributed by atoms with Crippen molar-refractivity contribution >= 4 is 40.3 Å². The molecule has 2 aromatic carbocycles. The first-order chi connectivity index (χ1) is 12.4. The third-order valence-corrected chi connectivity index (χ3v) is 4.20. The second-order valence-electron chi connectivity index (χ2n) is 5.45. The number of nitrogens with one attached hydrogen (secondary N) is 1. The van der Waals surface area contributed by atoms with Gasteiger partial charge in [0.15, 0.2) is 5.11 Å². The van der Waals surface area contributed by atoms with Crippen LogP contribution in [0.25, 0.3) is 0 Å². The third kappa shape index (κ3) is 5.44. The summed E-state index contributed by atoms with van der Waals surface area (Å²) in [5.74, 6) is 0.764. The molecule has 0 aliphatic carbocycles. The van der Waals surface area contributed by atoms with Crippen molar-refractivity contribution in [2.75, 3.05) is 19.0 Å². The van der Waals surface area contributed by atoms with Crippen LogP contribution in [-0.2, 0) is 6.54 Å². The lowest BCUT2D eigenvalue weighted by Crippen LogP contribution is -2.30. The van der Waals surface area contributed by atoms with Crippen molar-refractivity contribution in [1.82, 2.24) is 4.90 Å². The molecular weight excluding hydrogens is 374 g/mol. The smallest absolute Gasteiger partial charge is 0.271 e. The van der Waals surface area contributed by atoms with E-state index in [0.29, 0.717) is 29.0 Å². The van der Waals surface area contributed by atoms with Crippen LogP contribution in [0.5, 0.6) is 5.75 Å². The van der Waals surface area contributed by atoms with Gasteiger partial charge in [-0.2, -0.15) is 0 Å². The molecule has 0 aliphatic heterocycles. The Labute approximate surface area is 162 Å². The molecule has 0 bridgehead atoms. The summed E-state index contributed by atoms with van der Waals surface area (Å²) in [4.78, 5) is 12.2. The zero-order valence-electron chi connectivity index (χ0n) is 14.1. The van der Waals surface area contributed by atoms with E-state index in [1.54, 1.807) is 6.08 Å². The third-order valence-electron chi connectivity index (χ3n) is 3.46. The fourth-order valence-corrected chi connectivity index (χ4v) is 2.46. The molecule has 0 amide bonds. The number of non-ortho nitro benzene ring substituents is 1. The second-order valence-corrected chi connectivity index (χ2v) is 6.25. The molecule has 1 N–H and O–H groups in total. The van der Waals surface area contributed by atoms with E-state index in [2.05, 4.69) is 11.9 Å². The molecule has 0 aliphatic rings. The van der Waals surface area contributed by atoms with E-state index in [1.165, 1.54) is 18.2 Å². The second kappa shape index (κ2) is 9.17. The molecule has 136 valence electrons. The number of nitrogens with zero attached hydrogens (tertiary/aromatic N) is 2. The van der Waals surface area contributed by atoms with Gasteiger partial charge in [0, 0.05) is 25.7 Å². The van der Waals surface area contributed by atoms with Gasteiger partial charge in [-0.05, 0) is 36.0 Å². The van der Waals surface area contributed by atoms with Crippen LogP contribution in [0.3, 0.4) is 0 Å². The Bertz CT molecular complexity index is 812. The van der Waals surface area contributed by atoms with Crippen molar-refractivity contribution < 1.29 is 9.66 Å². The number of hydrogen-bond acceptors (Lipinski definition) is 4. The highest BCUT2D eigenvalue weighted by Gasteiger charge is 2.12. The zero-order chi connectivity index (χ0) is 19.1. The van der Waals surface area contributed by atoms with Crippen molar-refractivity contribution in [3.63, 3.8) is 0 Å². The normalized spacial score (nSPS) is 10.1. The molecule has 2 rings (SSSR count). The van der Waals surface area contributed by atoms with Gasteiger partial charge < -0.3 is 15.0 Å². The molecule has 0 fully saturated rings. The maximum absolute atomic E-state index is 10.9. The van der Waals surface area contributed by atoms with Gasteiger partial charge in [0.1, 0.15) is 12.4 Å². The number of nitro benzene ring substituents is 1. The summed E-state index contributed by atoms with van der Waals surface area (Å²) in [7, 11) is 1.82. The zero-order valence-corrected chi connectivity index (χ0v) is 15.7. The Hall–Kier alpha value is -2.64. The highest BCUT2D eigenvalue weighted by Crippen LogP contribution is 2.27. The minimum Gasteiger partial charge on any atom is -0.490 e. The van der Waals surface area contributed by atoms with Crippen LogP contribution in [0.4, 0.5) is 11.4 Å². The summed E-state index contributed by atoms with van der Waals surface area (Å²) in [5, 5.41) is 14.6. The van der Waals surface area contributed by atoms with E-state index < -0.39 is 4.92 Å². The molecule has 8 heteroatoms. The number of thiocarbonyl (C=S) groups is 1. The van der Waals surface area contributed by atoms with E-state index in [1.807, 2.05) is 36.2 Å². The first-order valence-electron chi connectivity index (χ1n) is 7.69. The van der Waals surface area contributed by atoms with Crippen LogP contribution < -0.4 is 10.1 Å². The monoisotopic (exact) mass is 391 g/mol. The number of benzene rings is 2. The quantitative estimate of drug-likeness (QED) is 0.321. The van der Waals surface area contributed by atoms with Crippen LogP contribution in [0, 0.1) is 10.1 Å². The highest BCUT2D eigenvalue weighted by molar-refractivity contribution is 7.80. The van der Waals surface area contributed by atoms with E-state index in [9.17, 15) is 10.1 Å². The van der Waals surface area contributed by atoms with Gasteiger partial charge in [-0.3, -0.25) is 10.1 Å². The van der Waals surface area contributed by atoms with E-state index in [4.69, 9.17) is 28.6 Å². The van der Waals surface area contributed by atoms with Crippen LogP contribution in [0.1, 0.15) is 5.56 Å². The van der Waals surface area contributed by atoms with Gasteiger partial charge in [0.2, 0.25) is 0 Å². The highest BCUT2D eigenvalue weighted by atomic mass is 35.5. The molecule has 0 spiro atoms. The topological polar surface area (TPSA) is 67.6 Å². The molecule has 0 saturated heterocycles. The SMILES string of the molecule is C=CCOc1ccc(CN(C)C(=S)Nc2cc([N+](=O)[O-])ccc2Cl)cc1. The fourth-order valence-electron chi connectivity index (χ4n) is 2.13. The van der Waals surface area contributed by atoms with Gasteiger partial charge in [-0.15, -0.1) is 0 Å². The number of anilines is 1. The maximum atomic E-state index is 10.9. The van der Waals surface area contributed by atoms with E-state index >= 15 is 0 Å². The Morgan fingerprint density at radius 3 is 2.69 bits per heavy atom. The predicted octanol–water partition coefficient (Wildman–Crippen LogP) is 4.64. The number of ether oxygens (including phenoxy) is 1. The first kappa shape index (κ1) is 19.7. The lowest BCUT2D eigenvalue weighted by Gasteiger charge is -2.21. The molecule has 0 saturated carbocycles. The summed E-state index contributed by atoms with van der Waals surface area (Å²) < 4.78 is 5.45. The molecule has 0 atom stereocenters. The molecule has 0 radical (unpaired) electrons. The van der Waals surface area contributed by atoms with Gasteiger partial charge in [0.25, 0.3) is 5.69 Å². The van der Waals surface area contributed by atoms with Crippen molar-refractivity contribution in [2.24, 2.45) is 0 Å². The van der Waals surface area contributed by atoms with Crippen LogP contribution in [-0.4, -0.2) is 28.6 Å². The molecule has 6 nitrogen and oxygen atoms in total. The molecule has 2 aromatic rings. The largest absolute Gasteiger partial charge is 0.490 e. The predicted molar refractivity (Wildman–Crippen MR) is 108 cm³/mol. The Kier molecular flexibility index (Phi) is 6.94. The van der Waals surface area contributed by atoms with Crippen LogP contribution in [0.15, 0.2) is 55.1 Å². The fraction of sp³-hybridized carbons (Fsp3) is 0.167. The number of rotatable bonds is 7. The number of nitro groups is 1. The van der Waals surface area contributed by atoms with Crippen molar-refractivity contribution in [3.8, 4) is 5.75 Å². The summed E-state index contributed by atoms with van der Waals surface area (Å²) in [6, 6.07) is 11.8.